The molecule has 0 aliphatic heterocycles. The summed E-state index contributed by atoms with van der Waals surface area (Å²) in [6, 6.07) is 14.7. The molecule has 2 rings (SSSR count). The average Bonchev–Trinajstić information content (AvgIpc) is 2.57. The topological polar surface area (TPSA) is 47.6 Å². The minimum Gasteiger partial charge on any atom is -0.491 e. The van der Waals surface area contributed by atoms with Crippen molar-refractivity contribution >= 4 is 17.5 Å². The number of halogens is 1. The zero-order valence-corrected chi connectivity index (χ0v) is 15.5. The molecule has 0 saturated heterocycles. The molecule has 5 heteroatoms. The van der Waals surface area contributed by atoms with Crippen LogP contribution in [0.1, 0.15) is 32.8 Å². The fourth-order valence-electron chi connectivity index (χ4n) is 2.33. The Labute approximate surface area is 154 Å². The third-order valence-corrected chi connectivity index (χ3v) is 3.71. The predicted molar refractivity (Wildman–Crippen MR) is 100 cm³/mol. The Kier molecular flexibility index (Phi) is 7.14. The molecule has 2 aromatic rings. The summed E-state index contributed by atoms with van der Waals surface area (Å²) in [5, 5.41) is 3.49. The van der Waals surface area contributed by atoms with E-state index in [4.69, 9.17) is 21.1 Å². The number of hydrogen-bond donors (Lipinski definition) is 1. The van der Waals surface area contributed by atoms with E-state index in [0.29, 0.717) is 23.7 Å². The Hall–Kier alpha value is -2.20. The molecule has 0 heterocycles. The van der Waals surface area contributed by atoms with Crippen LogP contribution in [0, 0.1) is 0 Å². The second-order valence-electron chi connectivity index (χ2n) is 6.00. The summed E-state index contributed by atoms with van der Waals surface area (Å²) < 4.78 is 11.4. The number of amides is 1. The highest BCUT2D eigenvalue weighted by Crippen LogP contribution is 2.19. The van der Waals surface area contributed by atoms with E-state index in [1.807, 2.05) is 45.0 Å². The third kappa shape index (κ3) is 6.31. The van der Waals surface area contributed by atoms with Crippen LogP contribution in [0.15, 0.2) is 48.5 Å². The Balaban J connectivity index is 1.93. The number of hydrogen-bond acceptors (Lipinski definition) is 3. The zero-order chi connectivity index (χ0) is 18.2. The van der Waals surface area contributed by atoms with Gasteiger partial charge >= 0.3 is 0 Å². The van der Waals surface area contributed by atoms with Crippen LogP contribution in [0.2, 0.25) is 5.02 Å². The molecule has 0 radical (unpaired) electrons. The lowest BCUT2D eigenvalue weighted by molar-refractivity contribution is -0.128. The summed E-state index contributed by atoms with van der Waals surface area (Å²) in [6.45, 7) is 6.29. The summed E-state index contributed by atoms with van der Waals surface area (Å²) in [4.78, 5) is 12.4. The van der Waals surface area contributed by atoms with Crippen molar-refractivity contribution in [1.29, 1.82) is 0 Å². The lowest BCUT2D eigenvalue weighted by Gasteiger charge is -2.18. The van der Waals surface area contributed by atoms with Crippen LogP contribution in [0.5, 0.6) is 11.5 Å². The molecule has 0 aromatic heterocycles. The molecule has 0 unspecified atom stereocenters. The number of carbonyl (C=O) groups is 1. The number of ether oxygens (including phenoxy) is 2. The maximum atomic E-state index is 12.4. The monoisotopic (exact) mass is 361 g/mol. The van der Waals surface area contributed by atoms with Crippen molar-refractivity contribution in [2.75, 3.05) is 0 Å². The molecule has 0 bridgehead atoms. The van der Waals surface area contributed by atoms with E-state index in [1.165, 1.54) is 0 Å². The molecule has 1 amide bonds. The summed E-state index contributed by atoms with van der Waals surface area (Å²) in [5.41, 5.74) is 0.976. The molecule has 1 N–H and O–H groups in total. The molecule has 2 aromatic carbocycles. The SMILES string of the molecule is CC[C@H](Oc1cccc(Cl)c1)C(=O)NCc1cccc(OC(C)C)c1. The lowest BCUT2D eigenvalue weighted by atomic mass is 10.2. The minimum absolute atomic E-state index is 0.111. The standard InChI is InChI=1S/C20H24ClNO3/c1-4-19(25-18-10-6-8-16(21)12-18)20(23)22-13-15-7-5-9-17(11-15)24-14(2)3/h5-12,14,19H,4,13H2,1-3H3,(H,22,23)/t19-/m0/s1. The van der Waals surface area contributed by atoms with Crippen molar-refractivity contribution in [3.05, 3.63) is 59.1 Å². The van der Waals surface area contributed by atoms with Crippen LogP contribution in [0.25, 0.3) is 0 Å². The fourth-order valence-corrected chi connectivity index (χ4v) is 2.51. The van der Waals surface area contributed by atoms with E-state index in [1.54, 1.807) is 24.3 Å². The average molecular weight is 362 g/mol. The molecule has 0 fully saturated rings. The highest BCUT2D eigenvalue weighted by molar-refractivity contribution is 6.30. The summed E-state index contributed by atoms with van der Waals surface area (Å²) in [7, 11) is 0. The fraction of sp³-hybridized carbons (Fsp3) is 0.350. The van der Waals surface area contributed by atoms with Gasteiger partial charge in [-0.2, -0.15) is 0 Å². The van der Waals surface area contributed by atoms with Gasteiger partial charge < -0.3 is 14.8 Å². The molecule has 0 aliphatic rings. The number of rotatable bonds is 8. The van der Waals surface area contributed by atoms with Crippen molar-refractivity contribution in [2.24, 2.45) is 0 Å². The molecule has 0 aliphatic carbocycles. The second-order valence-corrected chi connectivity index (χ2v) is 6.44. The summed E-state index contributed by atoms with van der Waals surface area (Å²) in [5.74, 6) is 1.23. The molecule has 0 saturated carbocycles. The number of carbonyl (C=O) groups excluding carboxylic acids is 1. The highest BCUT2D eigenvalue weighted by Gasteiger charge is 2.18. The Morgan fingerprint density at radius 2 is 1.76 bits per heavy atom. The first-order chi connectivity index (χ1) is 12.0. The van der Waals surface area contributed by atoms with Crippen molar-refractivity contribution in [2.45, 2.75) is 45.9 Å². The van der Waals surface area contributed by atoms with Crippen molar-refractivity contribution in [3.63, 3.8) is 0 Å². The van der Waals surface area contributed by atoms with Gasteiger partial charge in [0.15, 0.2) is 6.10 Å². The molecular formula is C20H24ClNO3. The van der Waals surface area contributed by atoms with E-state index >= 15 is 0 Å². The minimum atomic E-state index is -0.562. The van der Waals surface area contributed by atoms with E-state index in [9.17, 15) is 4.79 Å². The van der Waals surface area contributed by atoms with Gasteiger partial charge in [-0.1, -0.05) is 36.7 Å². The second kappa shape index (κ2) is 9.33. The lowest BCUT2D eigenvalue weighted by Crippen LogP contribution is -2.37. The predicted octanol–water partition coefficient (Wildman–Crippen LogP) is 4.60. The van der Waals surface area contributed by atoms with Crippen molar-refractivity contribution in [3.8, 4) is 11.5 Å². The van der Waals surface area contributed by atoms with Gasteiger partial charge in [-0.3, -0.25) is 4.79 Å². The normalized spacial score (nSPS) is 11.9. The first-order valence-electron chi connectivity index (χ1n) is 8.43. The van der Waals surface area contributed by atoms with Gasteiger partial charge in [-0.15, -0.1) is 0 Å². The zero-order valence-electron chi connectivity index (χ0n) is 14.8. The van der Waals surface area contributed by atoms with Crippen molar-refractivity contribution in [1.82, 2.24) is 5.32 Å². The first-order valence-corrected chi connectivity index (χ1v) is 8.81. The Bertz CT molecular complexity index is 703. The van der Waals surface area contributed by atoms with Crippen LogP contribution >= 0.6 is 11.6 Å². The molecular weight excluding hydrogens is 338 g/mol. The van der Waals surface area contributed by atoms with E-state index in [0.717, 1.165) is 11.3 Å². The van der Waals surface area contributed by atoms with Crippen LogP contribution < -0.4 is 14.8 Å². The molecule has 4 nitrogen and oxygen atoms in total. The van der Waals surface area contributed by atoms with Gasteiger partial charge in [0.05, 0.1) is 6.10 Å². The highest BCUT2D eigenvalue weighted by atomic mass is 35.5. The van der Waals surface area contributed by atoms with Gasteiger partial charge in [0.25, 0.3) is 5.91 Å². The quantitative estimate of drug-likeness (QED) is 0.747. The van der Waals surface area contributed by atoms with E-state index in [-0.39, 0.29) is 12.0 Å². The van der Waals surface area contributed by atoms with Crippen LogP contribution in [0.4, 0.5) is 0 Å². The van der Waals surface area contributed by atoms with Gasteiger partial charge in [-0.25, -0.2) is 0 Å². The van der Waals surface area contributed by atoms with Crippen LogP contribution in [-0.4, -0.2) is 18.1 Å². The molecule has 1 atom stereocenters. The third-order valence-electron chi connectivity index (χ3n) is 3.47. The van der Waals surface area contributed by atoms with Crippen LogP contribution in [0.3, 0.4) is 0 Å². The summed E-state index contributed by atoms with van der Waals surface area (Å²) in [6.07, 6.45) is 0.114. The summed E-state index contributed by atoms with van der Waals surface area (Å²) >= 11 is 5.95. The van der Waals surface area contributed by atoms with Crippen molar-refractivity contribution < 1.29 is 14.3 Å². The molecule has 0 spiro atoms. The maximum absolute atomic E-state index is 12.4. The van der Waals surface area contributed by atoms with Gasteiger partial charge in [0.1, 0.15) is 11.5 Å². The van der Waals surface area contributed by atoms with Gasteiger partial charge in [0.2, 0.25) is 0 Å². The number of benzene rings is 2. The number of nitrogens with one attached hydrogen (secondary N) is 1. The van der Waals surface area contributed by atoms with E-state index in [2.05, 4.69) is 5.32 Å². The Morgan fingerprint density at radius 3 is 2.40 bits per heavy atom. The molecule has 25 heavy (non-hydrogen) atoms. The van der Waals surface area contributed by atoms with Gasteiger partial charge in [0, 0.05) is 11.6 Å². The van der Waals surface area contributed by atoms with Gasteiger partial charge in [-0.05, 0) is 56.2 Å². The van der Waals surface area contributed by atoms with Crippen LogP contribution in [-0.2, 0) is 11.3 Å². The smallest absolute Gasteiger partial charge is 0.261 e. The van der Waals surface area contributed by atoms with E-state index < -0.39 is 6.10 Å². The largest absolute Gasteiger partial charge is 0.491 e. The Morgan fingerprint density at radius 1 is 1.08 bits per heavy atom. The maximum Gasteiger partial charge on any atom is 0.261 e. The molecule has 134 valence electrons. The first kappa shape index (κ1) is 19.1.